The Labute approximate surface area is 138 Å². The van der Waals surface area contributed by atoms with E-state index in [9.17, 15) is 4.79 Å². The van der Waals surface area contributed by atoms with Crippen molar-refractivity contribution in [2.24, 2.45) is 0 Å². The highest BCUT2D eigenvalue weighted by atomic mass is 16.3. The fraction of sp³-hybridized carbons (Fsp3) is 0.421. The summed E-state index contributed by atoms with van der Waals surface area (Å²) in [6.45, 7) is 9.08. The van der Waals surface area contributed by atoms with E-state index in [1.807, 2.05) is 37.9 Å². The number of rotatable bonds is 6. The van der Waals surface area contributed by atoms with Gasteiger partial charge in [-0.1, -0.05) is 18.2 Å². The molecule has 1 N–H and O–H groups in total. The molecule has 23 heavy (non-hydrogen) atoms. The van der Waals surface area contributed by atoms with Crippen molar-refractivity contribution in [1.29, 1.82) is 0 Å². The fourth-order valence-electron chi connectivity index (χ4n) is 2.54. The van der Waals surface area contributed by atoms with Crippen LogP contribution in [0, 0.1) is 20.8 Å². The largest absolute Gasteiger partial charge is 0.465 e. The summed E-state index contributed by atoms with van der Waals surface area (Å²) in [5, 5.41) is 3.05. The van der Waals surface area contributed by atoms with Gasteiger partial charge in [-0.2, -0.15) is 0 Å². The Bertz CT molecular complexity index is 676. The quantitative estimate of drug-likeness (QED) is 0.887. The Morgan fingerprint density at radius 2 is 1.91 bits per heavy atom. The average molecular weight is 314 g/mol. The summed E-state index contributed by atoms with van der Waals surface area (Å²) in [6, 6.07) is 10.2. The number of hydrogen-bond donors (Lipinski definition) is 1. The van der Waals surface area contributed by atoms with Crippen molar-refractivity contribution in [1.82, 2.24) is 10.2 Å². The smallest absolute Gasteiger partial charge is 0.234 e. The van der Waals surface area contributed by atoms with E-state index in [4.69, 9.17) is 4.42 Å². The number of aryl methyl sites for hydroxylation is 3. The van der Waals surface area contributed by atoms with Crippen molar-refractivity contribution in [3.63, 3.8) is 0 Å². The molecule has 0 bridgehead atoms. The standard InChI is InChI=1S/C19H26N2O2/c1-13-6-8-17(10-14(13)2)16(4)20-19(22)12-21(5)11-18-9-7-15(3)23-18/h6-10,16H,11-12H2,1-5H3,(H,20,22)/t16-/m0/s1. The topological polar surface area (TPSA) is 45.5 Å². The van der Waals surface area contributed by atoms with Gasteiger partial charge in [-0.25, -0.2) is 0 Å². The monoisotopic (exact) mass is 314 g/mol. The first-order chi connectivity index (χ1) is 10.8. The number of carbonyl (C=O) groups is 1. The fourth-order valence-corrected chi connectivity index (χ4v) is 2.54. The first-order valence-corrected chi connectivity index (χ1v) is 7.95. The number of carbonyl (C=O) groups excluding carboxylic acids is 1. The van der Waals surface area contributed by atoms with Crippen LogP contribution in [0.2, 0.25) is 0 Å². The summed E-state index contributed by atoms with van der Waals surface area (Å²) in [5.41, 5.74) is 3.64. The van der Waals surface area contributed by atoms with Gasteiger partial charge in [0.05, 0.1) is 19.1 Å². The molecule has 0 unspecified atom stereocenters. The zero-order valence-electron chi connectivity index (χ0n) is 14.6. The summed E-state index contributed by atoms with van der Waals surface area (Å²) in [5.74, 6) is 1.78. The lowest BCUT2D eigenvalue weighted by Crippen LogP contribution is -2.36. The van der Waals surface area contributed by atoms with Crippen LogP contribution in [0.4, 0.5) is 0 Å². The van der Waals surface area contributed by atoms with Crippen molar-refractivity contribution >= 4 is 5.91 Å². The van der Waals surface area contributed by atoms with Crippen molar-refractivity contribution in [3.05, 3.63) is 58.5 Å². The minimum Gasteiger partial charge on any atom is -0.465 e. The molecule has 4 heteroatoms. The van der Waals surface area contributed by atoms with Gasteiger partial charge in [0, 0.05) is 0 Å². The first-order valence-electron chi connectivity index (χ1n) is 7.95. The van der Waals surface area contributed by atoms with E-state index in [0.717, 1.165) is 17.1 Å². The second-order valence-electron chi connectivity index (χ2n) is 6.32. The van der Waals surface area contributed by atoms with Gasteiger partial charge in [-0.3, -0.25) is 9.69 Å². The zero-order valence-corrected chi connectivity index (χ0v) is 14.6. The molecule has 0 radical (unpaired) electrons. The molecule has 0 aliphatic rings. The number of hydrogen-bond acceptors (Lipinski definition) is 3. The molecule has 1 aromatic carbocycles. The molecule has 0 saturated carbocycles. The Hall–Kier alpha value is -2.07. The van der Waals surface area contributed by atoms with Gasteiger partial charge in [-0.15, -0.1) is 0 Å². The van der Waals surface area contributed by atoms with Gasteiger partial charge in [-0.05, 0) is 63.6 Å². The lowest BCUT2D eigenvalue weighted by molar-refractivity contribution is -0.122. The first kappa shape index (κ1) is 17.3. The van der Waals surface area contributed by atoms with Crippen LogP contribution in [0.25, 0.3) is 0 Å². The van der Waals surface area contributed by atoms with Gasteiger partial charge in [0.25, 0.3) is 0 Å². The van der Waals surface area contributed by atoms with E-state index in [2.05, 4.69) is 37.4 Å². The maximum Gasteiger partial charge on any atom is 0.234 e. The number of nitrogens with zero attached hydrogens (tertiary/aromatic N) is 1. The molecule has 124 valence electrons. The average Bonchev–Trinajstić information content (AvgIpc) is 2.86. The van der Waals surface area contributed by atoms with E-state index in [0.29, 0.717) is 13.1 Å². The molecule has 2 rings (SSSR count). The lowest BCUT2D eigenvalue weighted by Gasteiger charge is -2.19. The number of benzene rings is 1. The third-order valence-corrected chi connectivity index (χ3v) is 4.04. The van der Waals surface area contributed by atoms with E-state index in [1.165, 1.54) is 11.1 Å². The van der Waals surface area contributed by atoms with Crippen LogP contribution >= 0.6 is 0 Å². The van der Waals surface area contributed by atoms with Crippen molar-refractivity contribution < 1.29 is 9.21 Å². The van der Waals surface area contributed by atoms with E-state index in [1.54, 1.807) is 0 Å². The predicted molar refractivity (Wildman–Crippen MR) is 92.3 cm³/mol. The Morgan fingerprint density at radius 1 is 1.17 bits per heavy atom. The summed E-state index contributed by atoms with van der Waals surface area (Å²) < 4.78 is 5.54. The van der Waals surface area contributed by atoms with Crippen LogP contribution in [-0.4, -0.2) is 24.4 Å². The second-order valence-corrected chi connectivity index (χ2v) is 6.32. The van der Waals surface area contributed by atoms with Crippen LogP contribution in [0.15, 0.2) is 34.7 Å². The van der Waals surface area contributed by atoms with Crippen LogP contribution in [0.3, 0.4) is 0 Å². The van der Waals surface area contributed by atoms with Crippen molar-refractivity contribution in [2.45, 2.75) is 40.3 Å². The highest BCUT2D eigenvalue weighted by molar-refractivity contribution is 5.78. The molecular formula is C19H26N2O2. The van der Waals surface area contributed by atoms with Gasteiger partial charge < -0.3 is 9.73 Å². The predicted octanol–water partition coefficient (Wildman–Crippen LogP) is 3.51. The molecule has 0 saturated heterocycles. The minimum absolute atomic E-state index is 0.000979. The second kappa shape index (κ2) is 7.47. The number of furan rings is 1. The molecule has 0 spiro atoms. The summed E-state index contributed by atoms with van der Waals surface area (Å²) in [6.07, 6.45) is 0. The van der Waals surface area contributed by atoms with Gasteiger partial charge >= 0.3 is 0 Å². The Morgan fingerprint density at radius 3 is 2.52 bits per heavy atom. The third-order valence-electron chi connectivity index (χ3n) is 4.04. The molecular weight excluding hydrogens is 288 g/mol. The maximum absolute atomic E-state index is 12.2. The molecule has 4 nitrogen and oxygen atoms in total. The zero-order chi connectivity index (χ0) is 17.0. The Kier molecular flexibility index (Phi) is 5.61. The molecule has 0 fully saturated rings. The van der Waals surface area contributed by atoms with Gasteiger partial charge in [0.1, 0.15) is 11.5 Å². The number of nitrogens with one attached hydrogen (secondary N) is 1. The third kappa shape index (κ3) is 4.96. The maximum atomic E-state index is 12.2. The van der Waals surface area contributed by atoms with Crippen LogP contribution < -0.4 is 5.32 Å². The van der Waals surface area contributed by atoms with Gasteiger partial charge in [0.2, 0.25) is 5.91 Å². The number of amides is 1. The van der Waals surface area contributed by atoms with E-state index in [-0.39, 0.29) is 11.9 Å². The van der Waals surface area contributed by atoms with E-state index < -0.39 is 0 Å². The minimum atomic E-state index is 0.000979. The van der Waals surface area contributed by atoms with Crippen LogP contribution in [0.1, 0.15) is 41.2 Å². The lowest BCUT2D eigenvalue weighted by atomic mass is 10.0. The molecule has 1 aromatic heterocycles. The summed E-state index contributed by atoms with van der Waals surface area (Å²) in [4.78, 5) is 14.1. The molecule has 0 aliphatic heterocycles. The molecule has 0 aliphatic carbocycles. The van der Waals surface area contributed by atoms with Crippen LogP contribution in [0.5, 0.6) is 0 Å². The molecule has 1 amide bonds. The molecule has 1 atom stereocenters. The molecule has 2 aromatic rings. The van der Waals surface area contributed by atoms with Gasteiger partial charge in [0.15, 0.2) is 0 Å². The normalized spacial score (nSPS) is 12.4. The summed E-state index contributed by atoms with van der Waals surface area (Å²) >= 11 is 0. The van der Waals surface area contributed by atoms with Crippen molar-refractivity contribution in [3.8, 4) is 0 Å². The summed E-state index contributed by atoms with van der Waals surface area (Å²) in [7, 11) is 1.91. The van der Waals surface area contributed by atoms with Crippen LogP contribution in [-0.2, 0) is 11.3 Å². The van der Waals surface area contributed by atoms with E-state index >= 15 is 0 Å². The SMILES string of the molecule is Cc1ccc(CN(C)CC(=O)N[C@@H](C)c2ccc(C)c(C)c2)o1. The van der Waals surface area contributed by atoms with Crippen molar-refractivity contribution in [2.75, 3.05) is 13.6 Å². The highest BCUT2D eigenvalue weighted by Crippen LogP contribution is 2.16. The Balaban J connectivity index is 1.86. The highest BCUT2D eigenvalue weighted by Gasteiger charge is 2.13. The number of likely N-dealkylation sites (N-methyl/N-ethyl adjacent to an activating group) is 1. The molecule has 1 heterocycles.